The Morgan fingerprint density at radius 2 is 1.76 bits per heavy atom. The van der Waals surface area contributed by atoms with Crippen LogP contribution in [-0.2, 0) is 33.9 Å². The predicted octanol–water partition coefficient (Wildman–Crippen LogP) is 6.02. The summed E-state index contributed by atoms with van der Waals surface area (Å²) in [6.45, 7) is 0.178. The molecular formula is C22H27ClF3O7P. The number of phosphoric ester groups is 1. The van der Waals surface area contributed by atoms with Crippen molar-refractivity contribution in [2.24, 2.45) is 17.8 Å². The third kappa shape index (κ3) is 3.72. The molecule has 1 saturated heterocycles. The van der Waals surface area contributed by atoms with Crippen LogP contribution in [0.4, 0.5) is 13.2 Å². The first kappa shape index (κ1) is 24.8. The second kappa shape index (κ2) is 8.07. The van der Waals surface area contributed by atoms with Crippen LogP contribution in [0.2, 0.25) is 0 Å². The Bertz CT molecular complexity index is 997. The fraction of sp³-hybridized carbons (Fsp3) is 0.727. The van der Waals surface area contributed by atoms with Crippen molar-refractivity contribution in [2.75, 3.05) is 20.8 Å². The van der Waals surface area contributed by atoms with Gasteiger partial charge in [-0.05, 0) is 68.4 Å². The van der Waals surface area contributed by atoms with E-state index in [-0.39, 0.29) is 28.0 Å². The van der Waals surface area contributed by atoms with Gasteiger partial charge in [0.15, 0.2) is 5.60 Å². The number of halogens is 4. The number of phosphoric acid groups is 1. The molecule has 0 aromatic heterocycles. The van der Waals surface area contributed by atoms with Crippen LogP contribution in [0.5, 0.6) is 5.75 Å². The van der Waals surface area contributed by atoms with Gasteiger partial charge < -0.3 is 9.26 Å². The molecule has 12 heteroatoms. The molecule has 0 radical (unpaired) electrons. The average Bonchev–Trinajstić information content (AvgIpc) is 2.73. The summed E-state index contributed by atoms with van der Waals surface area (Å²) in [6, 6.07) is 4.71. The van der Waals surface area contributed by atoms with Crippen molar-refractivity contribution in [1.29, 1.82) is 0 Å². The van der Waals surface area contributed by atoms with E-state index in [1.165, 1.54) is 20.3 Å². The van der Waals surface area contributed by atoms with Crippen molar-refractivity contribution in [3.63, 3.8) is 0 Å². The molecule has 4 bridgehead atoms. The number of ether oxygens (including phenoxy) is 1. The van der Waals surface area contributed by atoms with E-state index in [9.17, 15) is 17.7 Å². The summed E-state index contributed by atoms with van der Waals surface area (Å²) in [6.07, 6.45) is -0.897. The third-order valence-electron chi connectivity index (χ3n) is 7.80. The maximum absolute atomic E-state index is 13.4. The first-order valence-corrected chi connectivity index (χ1v) is 13.0. The molecular weight excluding hydrogens is 500 g/mol. The molecule has 1 aromatic rings. The minimum Gasteiger partial charge on any atom is -0.404 e. The van der Waals surface area contributed by atoms with Crippen LogP contribution in [0.3, 0.4) is 0 Å². The minimum atomic E-state index is -4.58. The normalized spacial score (nSPS) is 38.9. The van der Waals surface area contributed by atoms with E-state index in [0.717, 1.165) is 19.3 Å². The van der Waals surface area contributed by atoms with Crippen LogP contribution in [0.15, 0.2) is 18.2 Å². The van der Waals surface area contributed by atoms with Crippen molar-refractivity contribution in [3.05, 3.63) is 29.3 Å². The van der Waals surface area contributed by atoms with Gasteiger partial charge in [-0.1, -0.05) is 12.1 Å². The molecule has 5 fully saturated rings. The molecule has 1 aliphatic heterocycles. The zero-order chi connectivity index (χ0) is 24.6. The molecule has 190 valence electrons. The summed E-state index contributed by atoms with van der Waals surface area (Å²) < 4.78 is 73.5. The second-order valence-corrected chi connectivity index (χ2v) is 12.5. The lowest BCUT2D eigenvalue weighted by atomic mass is 9.46. The number of hydrogen-bond donors (Lipinski definition) is 0. The molecule has 3 unspecified atom stereocenters. The Kier molecular flexibility index (Phi) is 5.89. The molecule has 5 aliphatic rings. The fourth-order valence-electron chi connectivity index (χ4n) is 6.61. The van der Waals surface area contributed by atoms with Gasteiger partial charge in [0.05, 0.1) is 0 Å². The lowest BCUT2D eigenvalue weighted by Gasteiger charge is -2.70. The molecule has 6 rings (SSSR count). The van der Waals surface area contributed by atoms with Gasteiger partial charge in [-0.2, -0.15) is 18.1 Å². The second-order valence-electron chi connectivity index (χ2n) is 9.86. The highest BCUT2D eigenvalue weighted by Gasteiger charge is 2.78. The van der Waals surface area contributed by atoms with Gasteiger partial charge in [0.25, 0.3) is 5.79 Å². The Morgan fingerprint density at radius 1 is 1.12 bits per heavy atom. The molecule has 4 aliphatic carbocycles. The first-order valence-electron chi connectivity index (χ1n) is 11.2. The van der Waals surface area contributed by atoms with Gasteiger partial charge in [-0.15, -0.1) is 11.6 Å². The molecule has 1 heterocycles. The number of rotatable bonds is 7. The van der Waals surface area contributed by atoms with Crippen LogP contribution in [0, 0.1) is 24.7 Å². The molecule has 1 aromatic carbocycles. The Balaban J connectivity index is 1.58. The van der Waals surface area contributed by atoms with Crippen LogP contribution in [0.1, 0.15) is 43.2 Å². The lowest BCUT2D eigenvalue weighted by Crippen LogP contribution is -2.78. The van der Waals surface area contributed by atoms with E-state index in [1.54, 1.807) is 19.1 Å². The Labute approximate surface area is 200 Å². The SMILES string of the molecule is COP(=O)(OC)Oc1cc(C2(OCC(F)(F)F)OOC23C2CC4CC3CC(Cl)(C4)C2)ccc1C. The van der Waals surface area contributed by atoms with Crippen molar-refractivity contribution >= 4 is 19.4 Å². The Morgan fingerprint density at radius 3 is 2.26 bits per heavy atom. The quantitative estimate of drug-likeness (QED) is 0.244. The van der Waals surface area contributed by atoms with Crippen LogP contribution < -0.4 is 4.52 Å². The summed E-state index contributed by atoms with van der Waals surface area (Å²) in [5.74, 6) is -1.58. The lowest BCUT2D eigenvalue weighted by molar-refractivity contribution is -0.650. The van der Waals surface area contributed by atoms with Crippen LogP contribution in [-0.4, -0.2) is 37.5 Å². The summed E-state index contributed by atoms with van der Waals surface area (Å²) >= 11 is 6.88. The van der Waals surface area contributed by atoms with Gasteiger partial charge in [-0.3, -0.25) is 9.05 Å². The predicted molar refractivity (Wildman–Crippen MR) is 114 cm³/mol. The highest BCUT2D eigenvalue weighted by molar-refractivity contribution is 7.48. The van der Waals surface area contributed by atoms with Crippen molar-refractivity contribution < 1.29 is 45.8 Å². The van der Waals surface area contributed by atoms with Crippen molar-refractivity contribution in [1.82, 2.24) is 0 Å². The van der Waals surface area contributed by atoms with Crippen molar-refractivity contribution in [3.8, 4) is 5.75 Å². The number of benzene rings is 1. The number of hydrogen-bond acceptors (Lipinski definition) is 7. The maximum atomic E-state index is 13.4. The summed E-state index contributed by atoms with van der Waals surface area (Å²) in [7, 11) is -1.57. The molecule has 3 atom stereocenters. The van der Waals surface area contributed by atoms with E-state index >= 15 is 0 Å². The number of alkyl halides is 4. The molecule has 34 heavy (non-hydrogen) atoms. The molecule has 0 amide bonds. The zero-order valence-electron chi connectivity index (χ0n) is 19.0. The smallest absolute Gasteiger partial charge is 0.404 e. The Hall–Kier alpha value is -0.870. The number of aryl methyl sites for hydroxylation is 1. The van der Waals surface area contributed by atoms with Gasteiger partial charge in [0.2, 0.25) is 0 Å². The van der Waals surface area contributed by atoms with E-state index in [1.807, 2.05) is 0 Å². The summed E-state index contributed by atoms with van der Waals surface area (Å²) in [4.78, 5) is 11.0. The van der Waals surface area contributed by atoms with E-state index < -0.39 is 32.0 Å². The minimum absolute atomic E-state index is 0.114. The topological polar surface area (TPSA) is 72.5 Å². The molecule has 0 N–H and O–H groups in total. The van der Waals surface area contributed by atoms with Gasteiger partial charge in [0.1, 0.15) is 12.4 Å². The highest BCUT2D eigenvalue weighted by Crippen LogP contribution is 2.71. The summed E-state index contributed by atoms with van der Waals surface area (Å²) in [5, 5.41) is 0. The van der Waals surface area contributed by atoms with Gasteiger partial charge in [-0.25, -0.2) is 9.45 Å². The van der Waals surface area contributed by atoms with E-state index in [2.05, 4.69) is 0 Å². The zero-order valence-corrected chi connectivity index (χ0v) is 20.7. The highest BCUT2D eigenvalue weighted by atomic mass is 35.5. The van der Waals surface area contributed by atoms with Gasteiger partial charge in [0, 0.05) is 24.7 Å². The third-order valence-corrected chi connectivity index (χ3v) is 9.58. The van der Waals surface area contributed by atoms with Gasteiger partial charge >= 0.3 is 14.0 Å². The first-order chi connectivity index (χ1) is 15.9. The maximum Gasteiger partial charge on any atom is 0.529 e. The molecule has 4 saturated carbocycles. The monoisotopic (exact) mass is 526 g/mol. The summed E-state index contributed by atoms with van der Waals surface area (Å²) in [5.41, 5.74) is -0.270. The van der Waals surface area contributed by atoms with E-state index in [4.69, 9.17) is 39.7 Å². The molecule has 7 nitrogen and oxygen atoms in total. The van der Waals surface area contributed by atoms with Crippen molar-refractivity contribution in [2.45, 2.75) is 61.5 Å². The standard InChI is InChI=1S/C22H27ClF3O7P/c1-13-4-5-15(8-18(13)31-34(27,28-2)29-3)22(30-12-20(24,25)26)21(32-33-22)16-6-14-7-17(21)11-19(23,9-14)10-16/h4-5,8,14,16-17H,6-7,9-12H2,1-3H3. The van der Waals surface area contributed by atoms with Crippen LogP contribution >= 0.6 is 19.4 Å². The largest absolute Gasteiger partial charge is 0.529 e. The van der Waals surface area contributed by atoms with E-state index in [0.29, 0.717) is 24.3 Å². The fourth-order valence-corrected chi connectivity index (χ4v) is 7.94. The average molecular weight is 527 g/mol. The molecule has 1 spiro atoms. The van der Waals surface area contributed by atoms with Crippen LogP contribution in [0.25, 0.3) is 0 Å².